The molecule has 0 spiro atoms. The highest BCUT2D eigenvalue weighted by Crippen LogP contribution is 2.43. The van der Waals surface area contributed by atoms with Gasteiger partial charge in [-0.3, -0.25) is 0 Å². The van der Waals surface area contributed by atoms with Gasteiger partial charge in [0.1, 0.15) is 12.4 Å². The number of aromatic nitrogens is 1. The van der Waals surface area contributed by atoms with Crippen LogP contribution in [0.15, 0.2) is 39.8 Å². The van der Waals surface area contributed by atoms with Gasteiger partial charge in [-0.1, -0.05) is 37.6 Å². The second kappa shape index (κ2) is 10.2. The average molecular weight is 500 g/mol. The van der Waals surface area contributed by atoms with Crippen LogP contribution in [-0.2, 0) is 12.0 Å². The molecular weight excluding hydrogens is 470 g/mol. The minimum Gasteiger partial charge on any atom is -0.359 e. The van der Waals surface area contributed by atoms with Gasteiger partial charge < -0.3 is 15.2 Å². The summed E-state index contributed by atoms with van der Waals surface area (Å²) >= 11 is 0. The van der Waals surface area contributed by atoms with Crippen molar-refractivity contribution in [2.45, 2.75) is 57.9 Å². The predicted molar refractivity (Wildman–Crippen MR) is 121 cm³/mol. The van der Waals surface area contributed by atoms with Crippen molar-refractivity contribution < 1.29 is 8.91 Å². The van der Waals surface area contributed by atoms with Crippen LogP contribution in [0.3, 0.4) is 0 Å². The largest absolute Gasteiger partial charge is 0.359 e. The van der Waals surface area contributed by atoms with Crippen LogP contribution in [0.4, 0.5) is 4.39 Å². The fourth-order valence-electron chi connectivity index (χ4n) is 3.40. The second-order valence-electron chi connectivity index (χ2n) is 7.56. The van der Waals surface area contributed by atoms with E-state index >= 15 is 0 Å². The van der Waals surface area contributed by atoms with Crippen LogP contribution in [0.25, 0.3) is 0 Å². The molecule has 0 amide bonds. The molecule has 1 aromatic carbocycles. The Morgan fingerprint density at radius 2 is 1.96 bits per heavy atom. The standard InChI is InChI=1S/C21H29FN4O.HI/c1-4-23-20(24-13-18-12-19(15(2)3)26-27-18)25-14-21(10-5-11-21)16-6-8-17(22)9-7-16;/h6-9,12,15H,4-5,10-11,13-14H2,1-3H3,(H2,23,24,25);1H. The van der Waals surface area contributed by atoms with E-state index in [1.54, 1.807) is 12.1 Å². The zero-order valence-corrected chi connectivity index (χ0v) is 19.1. The molecule has 0 saturated heterocycles. The lowest BCUT2D eigenvalue weighted by atomic mass is 9.64. The molecule has 2 N–H and O–H groups in total. The van der Waals surface area contributed by atoms with Gasteiger partial charge in [0, 0.05) is 24.6 Å². The monoisotopic (exact) mass is 500 g/mol. The third-order valence-electron chi connectivity index (χ3n) is 5.27. The maximum Gasteiger partial charge on any atom is 0.191 e. The van der Waals surface area contributed by atoms with Crippen molar-refractivity contribution in [2.75, 3.05) is 13.1 Å². The van der Waals surface area contributed by atoms with Gasteiger partial charge in [0.25, 0.3) is 0 Å². The first-order valence-corrected chi connectivity index (χ1v) is 9.76. The maximum atomic E-state index is 13.3. The summed E-state index contributed by atoms with van der Waals surface area (Å²) in [5, 5.41) is 10.8. The molecule has 1 aliphatic carbocycles. The van der Waals surface area contributed by atoms with Gasteiger partial charge in [0.2, 0.25) is 0 Å². The summed E-state index contributed by atoms with van der Waals surface area (Å²) in [7, 11) is 0. The summed E-state index contributed by atoms with van der Waals surface area (Å²) in [5.74, 6) is 1.66. The number of nitrogens with zero attached hydrogens (tertiary/aromatic N) is 2. The van der Waals surface area contributed by atoms with Crippen LogP contribution >= 0.6 is 24.0 Å². The minimum absolute atomic E-state index is 0. The average Bonchev–Trinajstić information content (AvgIpc) is 3.09. The van der Waals surface area contributed by atoms with E-state index in [4.69, 9.17) is 4.52 Å². The molecule has 7 heteroatoms. The van der Waals surface area contributed by atoms with E-state index in [2.05, 4.69) is 34.6 Å². The van der Waals surface area contributed by atoms with E-state index in [0.29, 0.717) is 12.5 Å². The molecule has 2 aromatic rings. The minimum atomic E-state index is -0.191. The van der Waals surface area contributed by atoms with Crippen LogP contribution in [0.5, 0.6) is 0 Å². The zero-order chi connectivity index (χ0) is 19.3. The molecule has 5 nitrogen and oxygen atoms in total. The fraction of sp³-hybridized carbons (Fsp3) is 0.524. The maximum absolute atomic E-state index is 13.3. The Labute approximate surface area is 183 Å². The number of rotatable bonds is 7. The summed E-state index contributed by atoms with van der Waals surface area (Å²) in [4.78, 5) is 4.63. The first-order valence-electron chi connectivity index (χ1n) is 9.76. The van der Waals surface area contributed by atoms with Gasteiger partial charge in [0.15, 0.2) is 11.7 Å². The number of halogens is 2. The SMILES string of the molecule is CCNC(=NCc1cc(C(C)C)no1)NCC1(c2ccc(F)cc2)CCC1.I. The van der Waals surface area contributed by atoms with Crippen molar-refractivity contribution in [2.24, 2.45) is 4.99 Å². The van der Waals surface area contributed by atoms with Crippen LogP contribution in [0, 0.1) is 5.82 Å². The summed E-state index contributed by atoms with van der Waals surface area (Å²) in [5.41, 5.74) is 2.19. The van der Waals surface area contributed by atoms with E-state index in [1.165, 1.54) is 12.0 Å². The van der Waals surface area contributed by atoms with Gasteiger partial charge in [-0.25, -0.2) is 9.38 Å². The third-order valence-corrected chi connectivity index (χ3v) is 5.27. The zero-order valence-electron chi connectivity index (χ0n) is 16.8. The summed E-state index contributed by atoms with van der Waals surface area (Å²) in [6.07, 6.45) is 3.40. The molecule has 1 heterocycles. The Morgan fingerprint density at radius 3 is 2.50 bits per heavy atom. The Hall–Kier alpha value is -1.64. The van der Waals surface area contributed by atoms with Gasteiger partial charge in [-0.05, 0) is 43.4 Å². The quantitative estimate of drug-likeness (QED) is 0.328. The number of hydrogen-bond acceptors (Lipinski definition) is 3. The number of nitrogens with one attached hydrogen (secondary N) is 2. The van der Waals surface area contributed by atoms with E-state index in [1.807, 2.05) is 25.1 Å². The second-order valence-corrected chi connectivity index (χ2v) is 7.56. The van der Waals surface area contributed by atoms with Gasteiger partial charge in [-0.2, -0.15) is 0 Å². The predicted octanol–water partition coefficient (Wildman–Crippen LogP) is 4.73. The molecule has 154 valence electrons. The van der Waals surface area contributed by atoms with Crippen molar-refractivity contribution in [1.29, 1.82) is 0 Å². The molecule has 0 atom stereocenters. The normalized spacial score (nSPS) is 15.7. The number of hydrogen-bond donors (Lipinski definition) is 2. The highest BCUT2D eigenvalue weighted by atomic mass is 127. The van der Waals surface area contributed by atoms with Crippen LogP contribution < -0.4 is 10.6 Å². The van der Waals surface area contributed by atoms with Crippen molar-refractivity contribution in [3.8, 4) is 0 Å². The van der Waals surface area contributed by atoms with Gasteiger partial charge >= 0.3 is 0 Å². The number of aliphatic imine (C=N–C) groups is 1. The third kappa shape index (κ3) is 5.46. The lowest BCUT2D eigenvalue weighted by Crippen LogP contribution is -2.48. The topological polar surface area (TPSA) is 62.5 Å². The van der Waals surface area contributed by atoms with E-state index in [0.717, 1.165) is 43.3 Å². The van der Waals surface area contributed by atoms with E-state index in [9.17, 15) is 4.39 Å². The van der Waals surface area contributed by atoms with Crippen molar-refractivity contribution in [3.05, 3.63) is 53.2 Å². The molecule has 28 heavy (non-hydrogen) atoms. The van der Waals surface area contributed by atoms with E-state index in [-0.39, 0.29) is 35.2 Å². The van der Waals surface area contributed by atoms with E-state index < -0.39 is 0 Å². The van der Waals surface area contributed by atoms with Gasteiger partial charge in [-0.15, -0.1) is 24.0 Å². The number of benzene rings is 1. The summed E-state index contributed by atoms with van der Waals surface area (Å²) in [6.45, 7) is 8.22. The van der Waals surface area contributed by atoms with Gasteiger partial charge in [0.05, 0.1) is 5.69 Å². The Balaban J connectivity index is 0.00000280. The molecule has 1 aliphatic rings. The molecule has 0 bridgehead atoms. The fourth-order valence-corrected chi connectivity index (χ4v) is 3.40. The Morgan fingerprint density at radius 1 is 1.25 bits per heavy atom. The van der Waals surface area contributed by atoms with Crippen LogP contribution in [-0.4, -0.2) is 24.2 Å². The van der Waals surface area contributed by atoms with Crippen LogP contribution in [0.2, 0.25) is 0 Å². The molecular formula is C21H30FIN4O. The highest BCUT2D eigenvalue weighted by molar-refractivity contribution is 14.0. The Kier molecular flexibility index (Phi) is 8.27. The molecule has 1 saturated carbocycles. The van der Waals surface area contributed by atoms with Crippen molar-refractivity contribution in [3.63, 3.8) is 0 Å². The Bertz CT molecular complexity index is 769. The molecule has 0 aliphatic heterocycles. The molecule has 1 aromatic heterocycles. The van der Waals surface area contributed by atoms with Crippen molar-refractivity contribution in [1.82, 2.24) is 15.8 Å². The smallest absolute Gasteiger partial charge is 0.191 e. The molecule has 0 radical (unpaired) electrons. The summed E-state index contributed by atoms with van der Waals surface area (Å²) < 4.78 is 18.6. The first kappa shape index (κ1) is 22.6. The lowest BCUT2D eigenvalue weighted by Gasteiger charge is -2.43. The first-order chi connectivity index (χ1) is 13.0. The lowest BCUT2D eigenvalue weighted by molar-refractivity contribution is 0.243. The van der Waals surface area contributed by atoms with Crippen molar-refractivity contribution >= 4 is 29.9 Å². The highest BCUT2D eigenvalue weighted by Gasteiger charge is 2.38. The summed E-state index contributed by atoms with van der Waals surface area (Å²) in [6, 6.07) is 8.86. The van der Waals surface area contributed by atoms with Crippen LogP contribution in [0.1, 0.15) is 63.0 Å². The molecule has 0 unspecified atom stereocenters. The molecule has 1 fully saturated rings. The number of guanidine groups is 1. The molecule has 3 rings (SSSR count).